The average Bonchev–Trinajstić information content (AvgIpc) is 2.16. The molecule has 0 aromatic heterocycles. The van der Waals surface area contributed by atoms with E-state index in [1.165, 1.54) is 32.2 Å². The van der Waals surface area contributed by atoms with Gasteiger partial charge in [0, 0.05) is 12.6 Å². The van der Waals surface area contributed by atoms with Crippen molar-refractivity contribution in [3.05, 3.63) is 29.6 Å². The highest BCUT2D eigenvalue weighted by atomic mass is 19.1. The van der Waals surface area contributed by atoms with Crippen molar-refractivity contribution in [1.82, 2.24) is 0 Å². The Morgan fingerprint density at radius 3 is 2.64 bits per heavy atom. The van der Waals surface area contributed by atoms with Crippen LogP contribution in [0.2, 0.25) is 0 Å². The number of Topliss-reactive ketones (excluding diaryl/α,β-unsaturated/α-hetero) is 1. The first-order chi connectivity index (χ1) is 6.57. The van der Waals surface area contributed by atoms with Crippen molar-refractivity contribution in [2.75, 3.05) is 11.9 Å². The summed E-state index contributed by atoms with van der Waals surface area (Å²) >= 11 is 0. The maximum Gasteiger partial charge on any atom is 0.213 e. The summed E-state index contributed by atoms with van der Waals surface area (Å²) in [5.41, 5.74) is 0.231. The van der Waals surface area contributed by atoms with Crippen molar-refractivity contribution in [2.24, 2.45) is 0 Å². The number of hydrogen-bond acceptors (Lipinski definition) is 2. The van der Waals surface area contributed by atoms with Crippen molar-refractivity contribution in [3.63, 3.8) is 0 Å². The Labute approximate surface area is 81.1 Å². The molecule has 74 valence electrons. The highest BCUT2D eigenvalue weighted by molar-refractivity contribution is 6.01. The van der Waals surface area contributed by atoms with Crippen molar-refractivity contribution in [2.45, 2.75) is 6.92 Å². The van der Waals surface area contributed by atoms with Gasteiger partial charge in [-0.3, -0.25) is 9.59 Å². The summed E-state index contributed by atoms with van der Waals surface area (Å²) in [7, 11) is 1.40. The van der Waals surface area contributed by atoms with Crippen LogP contribution in [0.25, 0.3) is 0 Å². The monoisotopic (exact) mass is 195 g/mol. The van der Waals surface area contributed by atoms with Gasteiger partial charge in [-0.25, -0.2) is 4.39 Å². The smallest absolute Gasteiger partial charge is 0.213 e. The van der Waals surface area contributed by atoms with Crippen LogP contribution in [0.3, 0.4) is 0 Å². The zero-order chi connectivity index (χ0) is 10.7. The topological polar surface area (TPSA) is 37.4 Å². The summed E-state index contributed by atoms with van der Waals surface area (Å²) in [6.45, 7) is 1.33. The van der Waals surface area contributed by atoms with Crippen LogP contribution in [-0.2, 0) is 4.79 Å². The van der Waals surface area contributed by atoms with Crippen LogP contribution in [0, 0.1) is 5.82 Å². The fourth-order valence-corrected chi connectivity index (χ4v) is 1.21. The number of rotatable bonds is 3. The molecule has 0 aliphatic heterocycles. The predicted octanol–water partition coefficient (Wildman–Crippen LogP) is 1.62. The lowest BCUT2D eigenvalue weighted by atomic mass is 10.1. The standard InChI is InChI=1S/C10H10FNO2/c1-7(14)8-4-3-5-9(11)10(8)12(2)6-13/h3-6H,1-2H3. The van der Waals surface area contributed by atoms with E-state index in [1.807, 2.05) is 0 Å². The predicted molar refractivity (Wildman–Crippen MR) is 50.9 cm³/mol. The van der Waals surface area contributed by atoms with Gasteiger partial charge in [-0.05, 0) is 19.1 Å². The number of nitrogens with zero attached hydrogens (tertiary/aromatic N) is 1. The molecular formula is C10H10FNO2. The Bertz CT molecular complexity index is 376. The lowest BCUT2D eigenvalue weighted by Gasteiger charge is -2.14. The Morgan fingerprint density at radius 2 is 2.14 bits per heavy atom. The van der Waals surface area contributed by atoms with Crippen LogP contribution in [0.5, 0.6) is 0 Å². The zero-order valence-electron chi connectivity index (χ0n) is 7.95. The number of amides is 1. The largest absolute Gasteiger partial charge is 0.315 e. The molecule has 0 unspecified atom stereocenters. The second-order valence-corrected chi connectivity index (χ2v) is 2.91. The Balaban J connectivity index is 3.36. The van der Waals surface area contributed by atoms with Gasteiger partial charge in [-0.1, -0.05) is 6.07 Å². The summed E-state index contributed by atoms with van der Waals surface area (Å²) in [6.07, 6.45) is 0.463. The summed E-state index contributed by atoms with van der Waals surface area (Å²) in [5.74, 6) is -0.847. The van der Waals surface area contributed by atoms with Gasteiger partial charge >= 0.3 is 0 Å². The minimum Gasteiger partial charge on any atom is -0.315 e. The molecule has 0 saturated carbocycles. The van der Waals surface area contributed by atoms with Gasteiger partial charge in [0.1, 0.15) is 5.82 Å². The maximum absolute atomic E-state index is 13.3. The molecule has 0 atom stereocenters. The number of hydrogen-bond donors (Lipinski definition) is 0. The van der Waals surface area contributed by atoms with Crippen LogP contribution in [0.4, 0.5) is 10.1 Å². The molecule has 4 heteroatoms. The van der Waals surface area contributed by atoms with Gasteiger partial charge in [0.25, 0.3) is 0 Å². The fraction of sp³-hybridized carbons (Fsp3) is 0.200. The molecule has 0 bridgehead atoms. The molecule has 0 spiro atoms. The SMILES string of the molecule is CC(=O)c1cccc(F)c1N(C)C=O. The van der Waals surface area contributed by atoms with Crippen LogP contribution in [0.1, 0.15) is 17.3 Å². The van der Waals surface area contributed by atoms with Gasteiger partial charge in [0.15, 0.2) is 5.78 Å². The molecule has 0 aliphatic carbocycles. The van der Waals surface area contributed by atoms with E-state index in [9.17, 15) is 14.0 Å². The van der Waals surface area contributed by atoms with E-state index in [0.29, 0.717) is 6.41 Å². The van der Waals surface area contributed by atoms with Crippen LogP contribution < -0.4 is 4.90 Å². The molecule has 3 nitrogen and oxygen atoms in total. The molecule has 0 aliphatic rings. The number of ketones is 1. The number of carbonyl (C=O) groups excluding carboxylic acids is 2. The quantitative estimate of drug-likeness (QED) is 0.543. The maximum atomic E-state index is 13.3. The van der Waals surface area contributed by atoms with Crippen molar-refractivity contribution >= 4 is 17.9 Å². The van der Waals surface area contributed by atoms with Gasteiger partial charge in [-0.2, -0.15) is 0 Å². The highest BCUT2D eigenvalue weighted by Gasteiger charge is 2.14. The van der Waals surface area contributed by atoms with E-state index in [0.717, 1.165) is 4.90 Å². The molecule has 0 radical (unpaired) electrons. The Hall–Kier alpha value is -1.71. The molecule has 0 fully saturated rings. The Kier molecular flexibility index (Phi) is 2.96. The summed E-state index contributed by atoms with van der Waals surface area (Å²) in [5, 5.41) is 0. The summed E-state index contributed by atoms with van der Waals surface area (Å²) in [6, 6.07) is 4.14. The third-order valence-electron chi connectivity index (χ3n) is 1.88. The number of anilines is 1. The molecule has 1 aromatic rings. The van der Waals surface area contributed by atoms with E-state index < -0.39 is 5.82 Å². The Morgan fingerprint density at radius 1 is 1.50 bits per heavy atom. The van der Waals surface area contributed by atoms with Crippen LogP contribution in [-0.4, -0.2) is 19.2 Å². The molecule has 0 saturated heterocycles. The second-order valence-electron chi connectivity index (χ2n) is 2.91. The lowest BCUT2D eigenvalue weighted by Crippen LogP contribution is -2.18. The molecule has 1 amide bonds. The number of benzene rings is 1. The van der Waals surface area contributed by atoms with Gasteiger partial charge < -0.3 is 4.90 Å². The third kappa shape index (κ3) is 1.79. The zero-order valence-corrected chi connectivity index (χ0v) is 7.95. The molecular weight excluding hydrogens is 185 g/mol. The van der Waals surface area contributed by atoms with Gasteiger partial charge in [-0.15, -0.1) is 0 Å². The first kappa shape index (κ1) is 10.4. The first-order valence-corrected chi connectivity index (χ1v) is 4.05. The van der Waals surface area contributed by atoms with Crippen molar-refractivity contribution < 1.29 is 14.0 Å². The minimum atomic E-state index is -0.577. The lowest BCUT2D eigenvalue weighted by molar-refractivity contribution is -0.107. The third-order valence-corrected chi connectivity index (χ3v) is 1.88. The van der Waals surface area contributed by atoms with Crippen molar-refractivity contribution in [3.8, 4) is 0 Å². The molecule has 0 N–H and O–H groups in total. The average molecular weight is 195 g/mol. The minimum absolute atomic E-state index is 0.0231. The first-order valence-electron chi connectivity index (χ1n) is 4.05. The fourth-order valence-electron chi connectivity index (χ4n) is 1.21. The normalized spacial score (nSPS) is 9.64. The number of carbonyl (C=O) groups is 2. The number of halogens is 1. The van der Waals surface area contributed by atoms with Gasteiger partial charge in [0.05, 0.1) is 5.69 Å². The molecule has 1 aromatic carbocycles. The second kappa shape index (κ2) is 4.00. The summed E-state index contributed by atoms with van der Waals surface area (Å²) in [4.78, 5) is 22.7. The van der Waals surface area contributed by atoms with Crippen molar-refractivity contribution in [1.29, 1.82) is 0 Å². The summed E-state index contributed by atoms with van der Waals surface area (Å²) < 4.78 is 13.3. The molecule has 0 heterocycles. The van der Waals surface area contributed by atoms with Gasteiger partial charge in [0.2, 0.25) is 6.41 Å². The van der Waals surface area contributed by atoms with E-state index in [-0.39, 0.29) is 17.0 Å². The van der Waals surface area contributed by atoms with E-state index in [4.69, 9.17) is 0 Å². The molecule has 1 rings (SSSR count). The highest BCUT2D eigenvalue weighted by Crippen LogP contribution is 2.22. The number of para-hydroxylation sites is 1. The van der Waals surface area contributed by atoms with E-state index in [1.54, 1.807) is 0 Å². The van der Waals surface area contributed by atoms with E-state index in [2.05, 4.69) is 0 Å². The van der Waals surface area contributed by atoms with Crippen LogP contribution in [0.15, 0.2) is 18.2 Å². The van der Waals surface area contributed by atoms with Crippen LogP contribution >= 0.6 is 0 Å². The molecule has 14 heavy (non-hydrogen) atoms. The van der Waals surface area contributed by atoms with E-state index >= 15 is 0 Å².